The quantitative estimate of drug-likeness (QED) is 0.846. The van der Waals surface area contributed by atoms with Crippen molar-refractivity contribution in [1.82, 2.24) is 0 Å². The number of benzene rings is 1. The van der Waals surface area contributed by atoms with Crippen LogP contribution in [0, 0.1) is 6.92 Å². The number of carbonyl (C=O) groups excluding carboxylic acids is 2. The first-order valence-electron chi connectivity index (χ1n) is 6.82. The second-order valence-electron chi connectivity index (χ2n) is 4.77. The summed E-state index contributed by atoms with van der Waals surface area (Å²) >= 11 is 5.90. The van der Waals surface area contributed by atoms with Gasteiger partial charge in [-0.25, -0.2) is 4.79 Å². The fourth-order valence-electron chi connectivity index (χ4n) is 1.89. The third-order valence-corrected chi connectivity index (χ3v) is 3.39. The lowest BCUT2D eigenvalue weighted by atomic mass is 10.2. The molecule has 0 bridgehead atoms. The van der Waals surface area contributed by atoms with Crippen LogP contribution in [0.25, 0.3) is 0 Å². The van der Waals surface area contributed by atoms with E-state index >= 15 is 0 Å². The van der Waals surface area contributed by atoms with E-state index in [0.29, 0.717) is 22.2 Å². The van der Waals surface area contributed by atoms with Crippen LogP contribution in [-0.4, -0.2) is 25.1 Å². The number of hydrogen-bond acceptors (Lipinski definition) is 5. The van der Waals surface area contributed by atoms with Gasteiger partial charge in [-0.05, 0) is 38.1 Å². The Kier molecular flexibility index (Phi) is 5.28. The highest BCUT2D eigenvalue weighted by molar-refractivity contribution is 6.31. The Morgan fingerprint density at radius 2 is 2.04 bits per heavy atom. The summed E-state index contributed by atoms with van der Waals surface area (Å²) in [7, 11) is 1.48. The van der Waals surface area contributed by atoms with Gasteiger partial charge in [0, 0.05) is 5.02 Å². The summed E-state index contributed by atoms with van der Waals surface area (Å²) in [5, 5.41) is 3.06. The molecule has 23 heavy (non-hydrogen) atoms. The number of furan rings is 1. The summed E-state index contributed by atoms with van der Waals surface area (Å²) in [6.07, 6.45) is 0.383. The lowest BCUT2D eigenvalue weighted by molar-refractivity contribution is -0.123. The largest absolute Gasteiger partial charge is 0.495 e. The molecule has 1 atom stereocenters. The maximum atomic E-state index is 12.2. The second-order valence-corrected chi connectivity index (χ2v) is 5.21. The minimum absolute atomic E-state index is 0.282. The van der Waals surface area contributed by atoms with Crippen LogP contribution >= 0.6 is 11.6 Å². The highest BCUT2D eigenvalue weighted by atomic mass is 35.5. The Morgan fingerprint density at radius 3 is 2.65 bits per heavy atom. The average molecular weight is 338 g/mol. The minimum Gasteiger partial charge on any atom is -0.495 e. The Morgan fingerprint density at radius 1 is 1.30 bits per heavy atom. The van der Waals surface area contributed by atoms with Gasteiger partial charge >= 0.3 is 5.97 Å². The summed E-state index contributed by atoms with van der Waals surface area (Å²) < 4.78 is 15.3. The number of ether oxygens (including phenoxy) is 2. The van der Waals surface area contributed by atoms with Crippen LogP contribution in [0.5, 0.6) is 5.75 Å². The molecule has 0 saturated heterocycles. The lowest BCUT2D eigenvalue weighted by Crippen LogP contribution is -2.30. The number of amides is 1. The van der Waals surface area contributed by atoms with Crippen LogP contribution in [-0.2, 0) is 9.53 Å². The van der Waals surface area contributed by atoms with Crippen molar-refractivity contribution in [2.24, 2.45) is 0 Å². The van der Waals surface area contributed by atoms with E-state index < -0.39 is 18.0 Å². The topological polar surface area (TPSA) is 77.8 Å². The number of anilines is 1. The normalized spacial score (nSPS) is 11.7. The summed E-state index contributed by atoms with van der Waals surface area (Å²) in [5.41, 5.74) is 0.678. The zero-order valence-electron chi connectivity index (χ0n) is 12.9. The van der Waals surface area contributed by atoms with E-state index in [4.69, 9.17) is 25.5 Å². The van der Waals surface area contributed by atoms with Crippen molar-refractivity contribution < 1.29 is 23.5 Å². The number of esters is 1. The molecule has 0 aliphatic rings. The third kappa shape index (κ3) is 4.04. The van der Waals surface area contributed by atoms with Gasteiger partial charge in [0.25, 0.3) is 5.91 Å². The van der Waals surface area contributed by atoms with Crippen LogP contribution < -0.4 is 10.1 Å². The molecule has 1 heterocycles. The molecule has 122 valence electrons. The zero-order chi connectivity index (χ0) is 17.0. The number of aryl methyl sites for hydroxylation is 1. The molecule has 1 N–H and O–H groups in total. The van der Waals surface area contributed by atoms with E-state index in [-0.39, 0.29) is 5.56 Å². The predicted octanol–water partition coefficient (Wildman–Crippen LogP) is 3.43. The molecule has 0 saturated carbocycles. The van der Waals surface area contributed by atoms with Crippen molar-refractivity contribution in [2.75, 3.05) is 12.4 Å². The molecule has 1 aromatic carbocycles. The lowest BCUT2D eigenvalue weighted by Gasteiger charge is -2.15. The minimum atomic E-state index is -1.000. The van der Waals surface area contributed by atoms with E-state index in [9.17, 15) is 9.59 Å². The van der Waals surface area contributed by atoms with Crippen molar-refractivity contribution in [1.29, 1.82) is 0 Å². The molecular weight excluding hydrogens is 322 g/mol. The molecule has 6 nitrogen and oxygen atoms in total. The fourth-order valence-corrected chi connectivity index (χ4v) is 2.06. The van der Waals surface area contributed by atoms with Gasteiger partial charge < -0.3 is 19.2 Å². The van der Waals surface area contributed by atoms with Crippen LogP contribution in [0.15, 0.2) is 34.9 Å². The number of rotatable bonds is 5. The summed E-state index contributed by atoms with van der Waals surface area (Å²) in [6.45, 7) is 3.11. The maximum absolute atomic E-state index is 12.2. The third-order valence-electron chi connectivity index (χ3n) is 3.15. The summed E-state index contributed by atoms with van der Waals surface area (Å²) in [5.74, 6) is -0.247. The molecule has 7 heteroatoms. The standard InChI is InChI=1S/C16H16ClNO5/c1-9-12(6-7-22-9)16(20)23-10(2)15(19)18-13-8-11(17)4-5-14(13)21-3/h4-8,10H,1-3H3,(H,18,19)/t10-/m1/s1. The molecule has 1 amide bonds. The highest BCUT2D eigenvalue weighted by Gasteiger charge is 2.22. The van der Waals surface area contributed by atoms with Crippen LogP contribution in [0.4, 0.5) is 5.69 Å². The van der Waals surface area contributed by atoms with E-state index in [2.05, 4.69) is 5.32 Å². The smallest absolute Gasteiger partial charge is 0.342 e. The first-order valence-corrected chi connectivity index (χ1v) is 7.19. The van der Waals surface area contributed by atoms with Crippen LogP contribution in [0.1, 0.15) is 23.0 Å². The molecule has 0 fully saturated rings. The fraction of sp³-hybridized carbons (Fsp3) is 0.250. The number of hydrogen-bond donors (Lipinski definition) is 1. The summed E-state index contributed by atoms with van der Waals surface area (Å²) in [6, 6.07) is 6.31. The molecule has 0 aliphatic heterocycles. The predicted molar refractivity (Wildman–Crippen MR) is 85.0 cm³/mol. The Hall–Kier alpha value is -2.47. The molecule has 0 unspecified atom stereocenters. The van der Waals surface area contributed by atoms with Crippen molar-refractivity contribution >= 4 is 29.2 Å². The van der Waals surface area contributed by atoms with Crippen molar-refractivity contribution in [3.05, 3.63) is 46.9 Å². The molecule has 0 spiro atoms. The molecule has 2 rings (SSSR count). The number of carbonyl (C=O) groups is 2. The number of nitrogens with one attached hydrogen (secondary N) is 1. The van der Waals surface area contributed by atoms with E-state index in [1.54, 1.807) is 25.1 Å². The highest BCUT2D eigenvalue weighted by Crippen LogP contribution is 2.27. The molecule has 0 radical (unpaired) electrons. The first kappa shape index (κ1) is 16.9. The van der Waals surface area contributed by atoms with Gasteiger partial charge in [-0.3, -0.25) is 4.79 Å². The van der Waals surface area contributed by atoms with E-state index in [1.165, 1.54) is 26.4 Å². The van der Waals surface area contributed by atoms with E-state index in [1.807, 2.05) is 0 Å². The van der Waals surface area contributed by atoms with Crippen LogP contribution in [0.3, 0.4) is 0 Å². The Bertz CT molecular complexity index is 725. The van der Waals surface area contributed by atoms with E-state index in [0.717, 1.165) is 0 Å². The molecular formula is C16H16ClNO5. The Balaban J connectivity index is 2.04. The zero-order valence-corrected chi connectivity index (χ0v) is 13.6. The van der Waals surface area contributed by atoms with Crippen LogP contribution in [0.2, 0.25) is 5.02 Å². The van der Waals surface area contributed by atoms with Gasteiger partial charge in [0.1, 0.15) is 17.1 Å². The van der Waals surface area contributed by atoms with Gasteiger partial charge in [-0.2, -0.15) is 0 Å². The van der Waals surface area contributed by atoms with Crippen molar-refractivity contribution in [3.63, 3.8) is 0 Å². The monoisotopic (exact) mass is 337 g/mol. The van der Waals surface area contributed by atoms with Gasteiger partial charge in [0.2, 0.25) is 0 Å². The van der Waals surface area contributed by atoms with Crippen molar-refractivity contribution in [3.8, 4) is 5.75 Å². The number of methoxy groups -OCH3 is 1. The van der Waals surface area contributed by atoms with Gasteiger partial charge in [0.15, 0.2) is 6.10 Å². The SMILES string of the molecule is COc1ccc(Cl)cc1NC(=O)[C@@H](C)OC(=O)c1ccoc1C. The summed E-state index contributed by atoms with van der Waals surface area (Å²) in [4.78, 5) is 24.1. The van der Waals surface area contributed by atoms with Gasteiger partial charge in [-0.15, -0.1) is 0 Å². The first-order chi connectivity index (χ1) is 10.9. The average Bonchev–Trinajstić information content (AvgIpc) is 2.93. The molecule has 0 aliphatic carbocycles. The molecule has 1 aromatic heterocycles. The number of halogens is 1. The second kappa shape index (κ2) is 7.19. The Labute approximate surface area is 138 Å². The van der Waals surface area contributed by atoms with Crippen molar-refractivity contribution in [2.45, 2.75) is 20.0 Å². The van der Waals surface area contributed by atoms with Gasteiger partial charge in [-0.1, -0.05) is 11.6 Å². The van der Waals surface area contributed by atoms with Gasteiger partial charge in [0.05, 0.1) is 19.1 Å². The molecule has 2 aromatic rings. The maximum Gasteiger partial charge on any atom is 0.342 e.